The van der Waals surface area contributed by atoms with E-state index in [-0.39, 0.29) is 6.04 Å². The second-order valence-electron chi connectivity index (χ2n) is 8.56. The third-order valence-electron chi connectivity index (χ3n) is 6.74. The Morgan fingerprint density at radius 3 is 2.74 bits per heavy atom. The zero-order chi connectivity index (χ0) is 21.3. The summed E-state index contributed by atoms with van der Waals surface area (Å²) in [6, 6.07) is 7.17. The van der Waals surface area contributed by atoms with Gasteiger partial charge in [-0.2, -0.15) is 10.4 Å². The van der Waals surface area contributed by atoms with Gasteiger partial charge >= 0.3 is 0 Å². The van der Waals surface area contributed by atoms with Crippen molar-refractivity contribution < 1.29 is 0 Å². The number of aryl methyl sites for hydroxylation is 1. The van der Waals surface area contributed by atoms with Crippen LogP contribution in [0.5, 0.6) is 0 Å². The van der Waals surface area contributed by atoms with Crippen LogP contribution in [-0.4, -0.2) is 42.9 Å². The third-order valence-corrected chi connectivity index (χ3v) is 7.13. The number of H-pyrrole nitrogens is 1. The van der Waals surface area contributed by atoms with E-state index in [0.29, 0.717) is 33.7 Å². The number of piperidine rings is 1. The molecule has 2 fully saturated rings. The van der Waals surface area contributed by atoms with Crippen LogP contribution < -0.4 is 10.6 Å². The van der Waals surface area contributed by atoms with E-state index in [2.05, 4.69) is 21.1 Å². The average molecular weight is 433 g/mol. The van der Waals surface area contributed by atoms with Gasteiger partial charge in [0.25, 0.3) is 0 Å². The minimum Gasteiger partial charge on any atom is -0.349 e. The first-order valence-corrected chi connectivity index (χ1v) is 10.9. The molecule has 2 aliphatic heterocycles. The van der Waals surface area contributed by atoms with E-state index >= 15 is 0 Å². The Bertz CT molecular complexity index is 1370. The molecular formula is C22H21ClN8. The van der Waals surface area contributed by atoms with Gasteiger partial charge in [0.2, 0.25) is 0 Å². The standard InChI is InChI=1S/C22H21ClN8/c1-30-17(8-24)19-16(29-30)5-4-14(20(19)23)15-9-27-22-21(15)26-10-18(28-22)31-12-2-3-13(31)7-11(25)6-12/h4-5,9-13H,2-3,6-7,25H2,1H3,(H,27,28)/t11-,12+,13-. The van der Waals surface area contributed by atoms with Crippen LogP contribution in [0.25, 0.3) is 33.2 Å². The Balaban J connectivity index is 1.45. The van der Waals surface area contributed by atoms with E-state index in [1.807, 2.05) is 24.5 Å². The molecule has 3 atom stereocenters. The molecule has 3 N–H and O–H groups in total. The van der Waals surface area contributed by atoms with Crippen molar-refractivity contribution in [2.75, 3.05) is 4.90 Å². The SMILES string of the molecule is Cn1nc2ccc(-c3c[nH]c4nc(N5[C@@H]6CC[C@H]5C[C@@H](N)C6)cnc34)c(Cl)c2c1C#N. The molecule has 1 aromatic carbocycles. The molecule has 0 unspecified atom stereocenters. The molecule has 0 amide bonds. The number of rotatable bonds is 2. The van der Waals surface area contributed by atoms with Gasteiger partial charge in [0.05, 0.1) is 22.1 Å². The van der Waals surface area contributed by atoms with Crippen LogP contribution in [-0.2, 0) is 7.05 Å². The van der Waals surface area contributed by atoms with Crippen LogP contribution in [0, 0.1) is 11.3 Å². The van der Waals surface area contributed by atoms with Gasteiger partial charge < -0.3 is 15.6 Å². The highest BCUT2D eigenvalue weighted by Crippen LogP contribution is 2.40. The van der Waals surface area contributed by atoms with E-state index in [1.54, 1.807) is 11.7 Å². The van der Waals surface area contributed by atoms with E-state index in [0.717, 1.165) is 53.8 Å². The van der Waals surface area contributed by atoms with Gasteiger partial charge in [0.15, 0.2) is 5.65 Å². The second-order valence-corrected chi connectivity index (χ2v) is 8.93. The van der Waals surface area contributed by atoms with Crippen LogP contribution in [0.1, 0.15) is 31.4 Å². The Morgan fingerprint density at radius 1 is 1.23 bits per heavy atom. The summed E-state index contributed by atoms with van der Waals surface area (Å²) in [6.45, 7) is 0. The molecule has 4 aromatic rings. The summed E-state index contributed by atoms with van der Waals surface area (Å²) in [5, 5.41) is 15.1. The number of nitrogens with one attached hydrogen (secondary N) is 1. The van der Waals surface area contributed by atoms with Gasteiger partial charge in [-0.15, -0.1) is 0 Å². The maximum Gasteiger partial charge on any atom is 0.159 e. The number of aromatic nitrogens is 5. The van der Waals surface area contributed by atoms with Crippen molar-refractivity contribution >= 4 is 39.5 Å². The normalized spacial score (nSPS) is 23.0. The van der Waals surface area contributed by atoms with Crippen molar-refractivity contribution in [1.82, 2.24) is 24.7 Å². The Hall–Kier alpha value is -3.15. The summed E-state index contributed by atoms with van der Waals surface area (Å²) in [5.41, 5.74) is 10.5. The van der Waals surface area contributed by atoms with Crippen LogP contribution in [0.15, 0.2) is 24.5 Å². The number of nitrogens with two attached hydrogens (primary N) is 1. The molecule has 3 aromatic heterocycles. The van der Waals surface area contributed by atoms with Gasteiger partial charge in [0.1, 0.15) is 23.1 Å². The molecule has 2 aliphatic rings. The van der Waals surface area contributed by atoms with Crippen molar-refractivity contribution in [1.29, 1.82) is 5.26 Å². The zero-order valence-corrected chi connectivity index (χ0v) is 17.8. The van der Waals surface area contributed by atoms with Gasteiger partial charge in [-0.25, -0.2) is 9.97 Å². The lowest BCUT2D eigenvalue weighted by Gasteiger charge is -2.38. The number of hydrogen-bond donors (Lipinski definition) is 2. The topological polar surface area (TPSA) is 112 Å². The molecule has 0 aliphatic carbocycles. The summed E-state index contributed by atoms with van der Waals surface area (Å²) in [7, 11) is 1.74. The number of benzene rings is 1. The van der Waals surface area contributed by atoms with E-state index < -0.39 is 0 Å². The van der Waals surface area contributed by atoms with Gasteiger partial charge in [-0.1, -0.05) is 17.7 Å². The zero-order valence-electron chi connectivity index (χ0n) is 17.0. The molecule has 9 heteroatoms. The number of nitrogens with zero attached hydrogens (tertiary/aromatic N) is 6. The molecule has 156 valence electrons. The largest absolute Gasteiger partial charge is 0.349 e. The first-order valence-electron chi connectivity index (χ1n) is 10.5. The highest BCUT2D eigenvalue weighted by molar-refractivity contribution is 6.39. The van der Waals surface area contributed by atoms with Crippen LogP contribution in [0.2, 0.25) is 5.02 Å². The Kier molecular flexibility index (Phi) is 4.01. The fourth-order valence-electron chi connectivity index (χ4n) is 5.39. The molecule has 2 bridgehead atoms. The number of nitriles is 1. The molecule has 31 heavy (non-hydrogen) atoms. The number of halogens is 1. The van der Waals surface area contributed by atoms with E-state index in [1.165, 1.54) is 0 Å². The first-order chi connectivity index (χ1) is 15.0. The summed E-state index contributed by atoms with van der Waals surface area (Å²) < 4.78 is 1.56. The predicted octanol–water partition coefficient (Wildman–Crippen LogP) is 3.50. The molecular weight excluding hydrogens is 412 g/mol. The molecule has 2 saturated heterocycles. The van der Waals surface area contributed by atoms with Gasteiger partial charge in [0, 0.05) is 42.5 Å². The Morgan fingerprint density at radius 2 is 2.00 bits per heavy atom. The summed E-state index contributed by atoms with van der Waals surface area (Å²) in [4.78, 5) is 15.3. The number of anilines is 1. The highest BCUT2D eigenvalue weighted by atomic mass is 35.5. The first kappa shape index (κ1) is 18.6. The van der Waals surface area contributed by atoms with Crippen molar-refractivity contribution in [3.8, 4) is 17.2 Å². The lowest BCUT2D eigenvalue weighted by Crippen LogP contribution is -2.47. The Labute approximate surface area is 183 Å². The summed E-state index contributed by atoms with van der Waals surface area (Å²) in [5.74, 6) is 0.904. The maximum absolute atomic E-state index is 9.53. The molecule has 5 heterocycles. The van der Waals surface area contributed by atoms with Crippen molar-refractivity contribution in [2.24, 2.45) is 12.8 Å². The van der Waals surface area contributed by atoms with Gasteiger partial charge in [-0.05, 0) is 31.7 Å². The van der Waals surface area contributed by atoms with Crippen molar-refractivity contribution in [2.45, 2.75) is 43.8 Å². The van der Waals surface area contributed by atoms with Crippen LogP contribution >= 0.6 is 11.6 Å². The average Bonchev–Trinajstić information content (AvgIpc) is 3.39. The minimum atomic E-state index is 0.283. The third kappa shape index (κ3) is 2.67. The quantitative estimate of drug-likeness (QED) is 0.501. The molecule has 8 nitrogen and oxygen atoms in total. The second kappa shape index (κ2) is 6.67. The lowest BCUT2D eigenvalue weighted by atomic mass is 9.98. The summed E-state index contributed by atoms with van der Waals surface area (Å²) in [6.07, 6.45) is 8.08. The van der Waals surface area contributed by atoms with Crippen molar-refractivity contribution in [3.05, 3.63) is 35.2 Å². The number of aromatic amines is 1. The fourth-order valence-corrected chi connectivity index (χ4v) is 5.74. The molecule has 6 rings (SSSR count). The van der Waals surface area contributed by atoms with E-state index in [9.17, 15) is 5.26 Å². The number of fused-ring (bicyclic) bond motifs is 4. The highest BCUT2D eigenvalue weighted by Gasteiger charge is 2.40. The van der Waals surface area contributed by atoms with Crippen molar-refractivity contribution in [3.63, 3.8) is 0 Å². The molecule has 0 spiro atoms. The lowest BCUT2D eigenvalue weighted by molar-refractivity contribution is 0.412. The van der Waals surface area contributed by atoms with Gasteiger partial charge in [-0.3, -0.25) is 4.68 Å². The van der Waals surface area contributed by atoms with Crippen LogP contribution in [0.4, 0.5) is 5.82 Å². The maximum atomic E-state index is 9.53. The van der Waals surface area contributed by atoms with E-state index in [4.69, 9.17) is 27.3 Å². The molecule has 0 saturated carbocycles. The predicted molar refractivity (Wildman–Crippen MR) is 120 cm³/mol. The summed E-state index contributed by atoms with van der Waals surface area (Å²) >= 11 is 6.76. The number of hydrogen-bond acceptors (Lipinski definition) is 6. The fraction of sp³-hybridized carbons (Fsp3) is 0.364. The van der Waals surface area contributed by atoms with Crippen LogP contribution in [0.3, 0.4) is 0 Å². The molecule has 0 radical (unpaired) electrons. The monoisotopic (exact) mass is 432 g/mol. The minimum absolute atomic E-state index is 0.283. The smallest absolute Gasteiger partial charge is 0.159 e.